The summed E-state index contributed by atoms with van der Waals surface area (Å²) in [7, 11) is 0. The molecule has 0 bridgehead atoms. The van der Waals surface area contributed by atoms with E-state index in [0.29, 0.717) is 5.88 Å². The Morgan fingerprint density at radius 3 is 2.86 bits per heavy atom. The van der Waals surface area contributed by atoms with Crippen molar-refractivity contribution in [3.63, 3.8) is 0 Å². The van der Waals surface area contributed by atoms with Crippen LogP contribution in [0.2, 0.25) is 0 Å². The van der Waals surface area contributed by atoms with Gasteiger partial charge >= 0.3 is 0 Å². The molecule has 1 nitrogen and oxygen atoms in total. The highest BCUT2D eigenvalue weighted by atomic mass is 35.5. The summed E-state index contributed by atoms with van der Waals surface area (Å²) in [6.07, 6.45) is 3.96. The van der Waals surface area contributed by atoms with Crippen LogP contribution in [0.25, 0.3) is 0 Å². The summed E-state index contributed by atoms with van der Waals surface area (Å²) >= 11 is 5.28. The monoisotopic (exact) mass is 115 g/mol. The van der Waals surface area contributed by atoms with Crippen molar-refractivity contribution in [3.8, 4) is 6.07 Å². The van der Waals surface area contributed by atoms with Crippen LogP contribution in [0.3, 0.4) is 0 Å². The Labute approximate surface area is 48.2 Å². The van der Waals surface area contributed by atoms with Gasteiger partial charge in [-0.15, -0.1) is 11.6 Å². The quantitative estimate of drug-likeness (QED) is 0.397. The van der Waals surface area contributed by atoms with E-state index in [4.69, 9.17) is 16.9 Å². The van der Waals surface area contributed by atoms with Crippen LogP contribution < -0.4 is 0 Å². The van der Waals surface area contributed by atoms with Gasteiger partial charge in [0.2, 0.25) is 0 Å². The summed E-state index contributed by atoms with van der Waals surface area (Å²) in [5, 5.41) is 7.91. The lowest BCUT2D eigenvalue weighted by Crippen LogP contribution is -1.62. The Hall–Kier alpha value is -0.480. The molecule has 0 saturated heterocycles. The number of hydrogen-bond donors (Lipinski definition) is 0. The van der Waals surface area contributed by atoms with E-state index in [0.717, 1.165) is 6.42 Å². The molecule has 0 aromatic carbocycles. The fraction of sp³-hybridized carbons (Fsp3) is 0.400. The number of hydrogen-bond acceptors (Lipinski definition) is 1. The first-order valence-electron chi connectivity index (χ1n) is 2.02. The number of halogens is 1. The maximum absolute atomic E-state index is 7.91. The van der Waals surface area contributed by atoms with Gasteiger partial charge in [0.1, 0.15) is 0 Å². The molecule has 0 amide bonds. The molecule has 2 heteroatoms. The lowest BCUT2D eigenvalue weighted by molar-refractivity contribution is 1.23. The van der Waals surface area contributed by atoms with Crippen molar-refractivity contribution in [3.05, 3.63) is 12.2 Å². The SMILES string of the molecule is N#C/C=C/CCCl. The van der Waals surface area contributed by atoms with Crippen LogP contribution in [-0.2, 0) is 0 Å². The predicted molar refractivity (Wildman–Crippen MR) is 30.1 cm³/mol. The van der Waals surface area contributed by atoms with Crippen molar-refractivity contribution in [1.82, 2.24) is 0 Å². The lowest BCUT2D eigenvalue weighted by atomic mass is 10.4. The van der Waals surface area contributed by atoms with E-state index in [2.05, 4.69) is 0 Å². The maximum Gasteiger partial charge on any atom is 0.0908 e. The molecule has 38 valence electrons. The van der Waals surface area contributed by atoms with Crippen LogP contribution in [0, 0.1) is 11.3 Å². The minimum absolute atomic E-state index is 0.595. The molecule has 0 rings (SSSR count). The molecule has 0 fully saturated rings. The summed E-state index contributed by atoms with van der Waals surface area (Å²) in [5.74, 6) is 0.595. The van der Waals surface area contributed by atoms with E-state index in [1.807, 2.05) is 6.07 Å². The fourth-order valence-corrected chi connectivity index (χ4v) is 0.325. The Balaban J connectivity index is 2.97. The second-order valence-electron chi connectivity index (χ2n) is 1.01. The van der Waals surface area contributed by atoms with Gasteiger partial charge in [0.15, 0.2) is 0 Å². The minimum atomic E-state index is 0.595. The van der Waals surface area contributed by atoms with E-state index in [9.17, 15) is 0 Å². The van der Waals surface area contributed by atoms with Crippen LogP contribution in [0.4, 0.5) is 0 Å². The Morgan fingerprint density at radius 2 is 2.43 bits per heavy atom. The van der Waals surface area contributed by atoms with Crippen LogP contribution in [0.1, 0.15) is 6.42 Å². The number of nitrogens with zero attached hydrogens (tertiary/aromatic N) is 1. The zero-order valence-corrected chi connectivity index (χ0v) is 4.65. The lowest BCUT2D eigenvalue weighted by Gasteiger charge is -1.73. The first-order chi connectivity index (χ1) is 3.41. The molecule has 0 spiro atoms. The zero-order chi connectivity index (χ0) is 5.54. The molecule has 0 aromatic rings. The van der Waals surface area contributed by atoms with Gasteiger partial charge in [0.25, 0.3) is 0 Å². The van der Waals surface area contributed by atoms with Gasteiger partial charge in [-0.3, -0.25) is 0 Å². The first-order valence-corrected chi connectivity index (χ1v) is 2.56. The highest BCUT2D eigenvalue weighted by Gasteiger charge is 1.69. The average molecular weight is 116 g/mol. The summed E-state index contributed by atoms with van der Waals surface area (Å²) in [5.41, 5.74) is 0. The molecule has 0 saturated carbocycles. The van der Waals surface area contributed by atoms with E-state index >= 15 is 0 Å². The molecule has 0 atom stereocenters. The van der Waals surface area contributed by atoms with Crippen molar-refractivity contribution >= 4 is 11.6 Å². The van der Waals surface area contributed by atoms with Crippen LogP contribution in [0.15, 0.2) is 12.2 Å². The molecular formula is C5H6ClN. The molecule has 0 unspecified atom stereocenters. The molecule has 0 N–H and O–H groups in total. The topological polar surface area (TPSA) is 23.8 Å². The van der Waals surface area contributed by atoms with Gasteiger partial charge < -0.3 is 0 Å². The van der Waals surface area contributed by atoms with E-state index in [1.54, 1.807) is 6.08 Å². The molecule has 0 aliphatic heterocycles. The molecular weight excluding hydrogens is 110 g/mol. The second kappa shape index (κ2) is 5.52. The summed E-state index contributed by atoms with van der Waals surface area (Å²) in [6, 6.07) is 1.86. The third kappa shape index (κ3) is 5.52. The van der Waals surface area contributed by atoms with Crippen molar-refractivity contribution in [2.24, 2.45) is 0 Å². The molecule has 7 heavy (non-hydrogen) atoms. The van der Waals surface area contributed by atoms with Gasteiger partial charge in [0.05, 0.1) is 6.07 Å². The van der Waals surface area contributed by atoms with E-state index in [-0.39, 0.29) is 0 Å². The molecule has 0 aliphatic rings. The van der Waals surface area contributed by atoms with Gasteiger partial charge in [-0.05, 0) is 6.42 Å². The van der Waals surface area contributed by atoms with Crippen LogP contribution in [-0.4, -0.2) is 5.88 Å². The van der Waals surface area contributed by atoms with Gasteiger partial charge in [0, 0.05) is 12.0 Å². The van der Waals surface area contributed by atoms with Crippen molar-refractivity contribution < 1.29 is 0 Å². The van der Waals surface area contributed by atoms with Crippen molar-refractivity contribution in [2.75, 3.05) is 5.88 Å². The first kappa shape index (κ1) is 6.52. The second-order valence-corrected chi connectivity index (χ2v) is 1.39. The van der Waals surface area contributed by atoms with Crippen LogP contribution >= 0.6 is 11.6 Å². The minimum Gasteiger partial charge on any atom is -0.193 e. The standard InChI is InChI=1S/C5H6ClN/c6-4-2-1-3-5-7/h1,3H,2,4H2/b3-1+. The van der Waals surface area contributed by atoms with Crippen molar-refractivity contribution in [2.45, 2.75) is 6.42 Å². The molecule has 0 radical (unpaired) electrons. The van der Waals surface area contributed by atoms with E-state index in [1.165, 1.54) is 6.08 Å². The van der Waals surface area contributed by atoms with Gasteiger partial charge in [-0.1, -0.05) is 6.08 Å². The number of allylic oxidation sites excluding steroid dienone is 2. The summed E-state index contributed by atoms with van der Waals surface area (Å²) < 4.78 is 0. The Morgan fingerprint density at radius 1 is 1.71 bits per heavy atom. The zero-order valence-electron chi connectivity index (χ0n) is 3.89. The molecule has 0 heterocycles. The highest BCUT2D eigenvalue weighted by molar-refractivity contribution is 6.17. The fourth-order valence-electron chi connectivity index (χ4n) is 0.199. The molecule has 0 aromatic heterocycles. The highest BCUT2D eigenvalue weighted by Crippen LogP contribution is 1.84. The van der Waals surface area contributed by atoms with Crippen molar-refractivity contribution in [1.29, 1.82) is 5.26 Å². The summed E-state index contributed by atoms with van der Waals surface area (Å²) in [6.45, 7) is 0. The average Bonchev–Trinajstić information content (AvgIpc) is 1.69. The number of rotatable bonds is 2. The summed E-state index contributed by atoms with van der Waals surface area (Å²) in [4.78, 5) is 0. The number of alkyl halides is 1. The van der Waals surface area contributed by atoms with Gasteiger partial charge in [-0.25, -0.2) is 0 Å². The van der Waals surface area contributed by atoms with Crippen LogP contribution in [0.5, 0.6) is 0 Å². The molecule has 0 aliphatic carbocycles. The Bertz CT molecular complexity index is 90.7. The third-order valence-electron chi connectivity index (χ3n) is 0.468. The predicted octanol–water partition coefficient (Wildman–Crippen LogP) is 1.70. The van der Waals surface area contributed by atoms with E-state index < -0.39 is 0 Å². The third-order valence-corrected chi connectivity index (χ3v) is 0.686. The maximum atomic E-state index is 7.91. The largest absolute Gasteiger partial charge is 0.193 e. The van der Waals surface area contributed by atoms with Gasteiger partial charge in [-0.2, -0.15) is 5.26 Å². The number of nitriles is 1. The Kier molecular flexibility index (Phi) is 5.14. The normalized spacial score (nSPS) is 9.14. The smallest absolute Gasteiger partial charge is 0.0908 e.